The molecule has 1 unspecified atom stereocenters. The summed E-state index contributed by atoms with van der Waals surface area (Å²) in [5.74, 6) is 0.135. The van der Waals surface area contributed by atoms with Crippen molar-refractivity contribution >= 4 is 15.9 Å². The average molecular weight is 288 g/mol. The summed E-state index contributed by atoms with van der Waals surface area (Å²) >= 11 is 0. The highest BCUT2D eigenvalue weighted by Gasteiger charge is 2.40. The molecule has 1 aromatic heterocycles. The van der Waals surface area contributed by atoms with E-state index in [-0.39, 0.29) is 16.5 Å². The van der Waals surface area contributed by atoms with Gasteiger partial charge >= 0.3 is 0 Å². The van der Waals surface area contributed by atoms with Gasteiger partial charge in [0.2, 0.25) is 10.0 Å². The Kier molecular flexibility index (Phi) is 3.50. The molecule has 2 heterocycles. The zero-order valence-electron chi connectivity index (χ0n) is 10.7. The smallest absolute Gasteiger partial charge is 0.249 e. The Labute approximate surface area is 110 Å². The van der Waals surface area contributed by atoms with E-state index < -0.39 is 16.1 Å². The summed E-state index contributed by atoms with van der Waals surface area (Å²) in [6, 6.07) is -0.622. The Balaban J connectivity index is 2.46. The highest BCUT2D eigenvalue weighted by Crippen LogP contribution is 2.29. The van der Waals surface area contributed by atoms with Gasteiger partial charge in [0.05, 0.1) is 6.04 Å². The summed E-state index contributed by atoms with van der Waals surface area (Å²) in [6.45, 7) is 3.44. The van der Waals surface area contributed by atoms with Crippen molar-refractivity contribution in [1.82, 2.24) is 9.46 Å². The molecule has 1 aliphatic rings. The number of aromatic nitrogens is 1. The van der Waals surface area contributed by atoms with Gasteiger partial charge in [-0.3, -0.25) is 0 Å². The second-order valence-electron chi connectivity index (χ2n) is 4.45. The van der Waals surface area contributed by atoms with E-state index in [1.54, 1.807) is 13.8 Å². The third-order valence-electron chi connectivity index (χ3n) is 3.20. The first-order valence-corrected chi connectivity index (χ1v) is 7.25. The Bertz CT molecular complexity index is 588. The van der Waals surface area contributed by atoms with Crippen molar-refractivity contribution in [3.63, 3.8) is 0 Å². The Hall–Kier alpha value is -1.61. The fraction of sp³-hybridized carbons (Fsp3) is 0.600. The molecule has 0 saturated carbocycles. The average Bonchev–Trinajstić information content (AvgIpc) is 2.95. The van der Waals surface area contributed by atoms with Crippen LogP contribution in [0.1, 0.15) is 24.3 Å². The standard InChI is InChI=1S/C10H16N4O4S/c1-6-9(7(2)18-13-6)19(16,17)14-5-3-4-8(14)10(11)12-15/h8,15H,3-5H2,1-2H3,(H2,11,12). The van der Waals surface area contributed by atoms with Crippen molar-refractivity contribution in [3.05, 3.63) is 11.5 Å². The van der Waals surface area contributed by atoms with E-state index in [2.05, 4.69) is 10.3 Å². The molecule has 3 N–H and O–H groups in total. The van der Waals surface area contributed by atoms with E-state index in [0.717, 1.165) is 0 Å². The van der Waals surface area contributed by atoms with Crippen LogP contribution in [0.15, 0.2) is 14.6 Å². The SMILES string of the molecule is Cc1noc(C)c1S(=O)(=O)N1CCCC1C(N)=NO. The first-order chi connectivity index (χ1) is 8.89. The molecule has 0 amide bonds. The summed E-state index contributed by atoms with van der Waals surface area (Å²) in [6.07, 6.45) is 1.18. The van der Waals surface area contributed by atoms with Crippen LogP contribution in [0.4, 0.5) is 0 Å². The Morgan fingerprint density at radius 3 is 2.79 bits per heavy atom. The van der Waals surface area contributed by atoms with Crippen LogP contribution in [0.25, 0.3) is 0 Å². The van der Waals surface area contributed by atoms with E-state index in [1.165, 1.54) is 4.31 Å². The topological polar surface area (TPSA) is 122 Å². The van der Waals surface area contributed by atoms with Gasteiger partial charge in [0.25, 0.3) is 0 Å². The van der Waals surface area contributed by atoms with Gasteiger partial charge in [0, 0.05) is 6.54 Å². The molecule has 1 aromatic rings. The molecule has 106 valence electrons. The van der Waals surface area contributed by atoms with Gasteiger partial charge in [-0.05, 0) is 26.7 Å². The number of rotatable bonds is 3. The summed E-state index contributed by atoms with van der Waals surface area (Å²) < 4.78 is 31.3. The van der Waals surface area contributed by atoms with Gasteiger partial charge in [-0.25, -0.2) is 8.42 Å². The molecular weight excluding hydrogens is 272 g/mol. The molecule has 9 heteroatoms. The van der Waals surface area contributed by atoms with Crippen LogP contribution < -0.4 is 5.73 Å². The quantitative estimate of drug-likeness (QED) is 0.354. The lowest BCUT2D eigenvalue weighted by atomic mass is 10.2. The van der Waals surface area contributed by atoms with Gasteiger partial charge in [-0.15, -0.1) is 0 Å². The van der Waals surface area contributed by atoms with Crippen LogP contribution in [0.2, 0.25) is 0 Å². The number of nitrogens with two attached hydrogens (primary N) is 1. The van der Waals surface area contributed by atoms with Crippen LogP contribution in [0, 0.1) is 13.8 Å². The third kappa shape index (κ3) is 2.19. The monoisotopic (exact) mass is 288 g/mol. The minimum absolute atomic E-state index is 0.0603. The summed E-state index contributed by atoms with van der Waals surface area (Å²) in [4.78, 5) is 0.0603. The summed E-state index contributed by atoms with van der Waals surface area (Å²) in [5.41, 5.74) is 5.86. The van der Waals surface area contributed by atoms with Gasteiger partial charge < -0.3 is 15.5 Å². The van der Waals surface area contributed by atoms with Crippen LogP contribution >= 0.6 is 0 Å². The maximum atomic E-state index is 12.6. The molecule has 2 rings (SSSR count). The molecule has 0 aromatic carbocycles. The van der Waals surface area contributed by atoms with Gasteiger partial charge in [-0.2, -0.15) is 4.31 Å². The van der Waals surface area contributed by atoms with E-state index in [4.69, 9.17) is 15.5 Å². The first kappa shape index (κ1) is 13.8. The number of nitrogens with zero attached hydrogens (tertiary/aromatic N) is 3. The van der Waals surface area contributed by atoms with E-state index >= 15 is 0 Å². The van der Waals surface area contributed by atoms with Crippen LogP contribution in [0.3, 0.4) is 0 Å². The lowest BCUT2D eigenvalue weighted by Crippen LogP contribution is -2.44. The lowest BCUT2D eigenvalue weighted by molar-refractivity contribution is 0.311. The predicted molar refractivity (Wildman–Crippen MR) is 66.3 cm³/mol. The highest BCUT2D eigenvalue weighted by atomic mass is 32.2. The molecule has 0 aliphatic carbocycles. The third-order valence-corrected chi connectivity index (χ3v) is 5.35. The normalized spacial score (nSPS) is 22.0. The van der Waals surface area contributed by atoms with Crippen LogP contribution in [-0.4, -0.2) is 41.5 Å². The van der Waals surface area contributed by atoms with Crippen molar-refractivity contribution < 1.29 is 18.1 Å². The Morgan fingerprint density at radius 2 is 2.26 bits per heavy atom. The molecule has 0 spiro atoms. The number of amidine groups is 1. The fourth-order valence-corrected chi connectivity index (χ4v) is 4.31. The van der Waals surface area contributed by atoms with Gasteiger partial charge in [-0.1, -0.05) is 10.3 Å². The zero-order chi connectivity index (χ0) is 14.2. The summed E-state index contributed by atoms with van der Waals surface area (Å²) in [7, 11) is -3.76. The Morgan fingerprint density at radius 1 is 1.58 bits per heavy atom. The molecule has 1 atom stereocenters. The number of aryl methyl sites for hydroxylation is 2. The molecule has 19 heavy (non-hydrogen) atoms. The van der Waals surface area contributed by atoms with Crippen LogP contribution in [0.5, 0.6) is 0 Å². The molecule has 1 aliphatic heterocycles. The molecule has 0 radical (unpaired) electrons. The minimum atomic E-state index is -3.76. The van der Waals surface area contributed by atoms with Crippen molar-refractivity contribution in [2.45, 2.75) is 37.6 Å². The molecule has 8 nitrogen and oxygen atoms in total. The van der Waals surface area contributed by atoms with Crippen molar-refractivity contribution in [2.24, 2.45) is 10.9 Å². The van der Waals surface area contributed by atoms with Crippen molar-refractivity contribution in [1.29, 1.82) is 0 Å². The minimum Gasteiger partial charge on any atom is -0.409 e. The maximum absolute atomic E-state index is 12.6. The second-order valence-corrected chi connectivity index (χ2v) is 6.28. The molecule has 0 bridgehead atoms. The van der Waals surface area contributed by atoms with Gasteiger partial charge in [0.1, 0.15) is 10.6 Å². The van der Waals surface area contributed by atoms with E-state index in [1.807, 2.05) is 0 Å². The fourth-order valence-electron chi connectivity index (χ4n) is 2.35. The first-order valence-electron chi connectivity index (χ1n) is 5.81. The molecule has 1 fully saturated rings. The number of sulfonamides is 1. The van der Waals surface area contributed by atoms with Crippen molar-refractivity contribution in [2.75, 3.05) is 6.54 Å². The van der Waals surface area contributed by atoms with E-state index in [0.29, 0.717) is 25.1 Å². The van der Waals surface area contributed by atoms with Crippen molar-refractivity contribution in [3.8, 4) is 0 Å². The number of oxime groups is 1. The van der Waals surface area contributed by atoms with E-state index in [9.17, 15) is 8.42 Å². The predicted octanol–water partition coefficient (Wildman–Crippen LogP) is 0.191. The zero-order valence-corrected chi connectivity index (χ0v) is 11.5. The number of hydrogen-bond donors (Lipinski definition) is 2. The van der Waals surface area contributed by atoms with Crippen LogP contribution in [-0.2, 0) is 10.0 Å². The molecule has 1 saturated heterocycles. The van der Waals surface area contributed by atoms with Gasteiger partial charge in [0.15, 0.2) is 11.6 Å². The largest absolute Gasteiger partial charge is 0.409 e. The molecular formula is C10H16N4O4S. The summed E-state index contributed by atoms with van der Waals surface area (Å²) in [5, 5.41) is 15.3. The second kappa shape index (κ2) is 4.82. The number of hydrogen-bond acceptors (Lipinski definition) is 6. The maximum Gasteiger partial charge on any atom is 0.249 e. The lowest BCUT2D eigenvalue weighted by Gasteiger charge is -2.22. The highest BCUT2D eigenvalue weighted by molar-refractivity contribution is 7.89.